The van der Waals surface area contributed by atoms with Crippen molar-refractivity contribution in [1.29, 1.82) is 0 Å². The van der Waals surface area contributed by atoms with Crippen LogP contribution in [0.2, 0.25) is 0 Å². The largest absolute Gasteiger partial charge is 0.471 e. The van der Waals surface area contributed by atoms with Gasteiger partial charge in [-0.15, -0.1) is 0 Å². The average molecular weight is 282 g/mol. The van der Waals surface area contributed by atoms with Gasteiger partial charge in [0, 0.05) is 10.2 Å². The second kappa shape index (κ2) is 4.22. The van der Waals surface area contributed by atoms with Gasteiger partial charge in [0.1, 0.15) is 0 Å². The third-order valence-electron chi connectivity index (χ3n) is 1.67. The molecule has 0 aliphatic rings. The van der Waals surface area contributed by atoms with Crippen LogP contribution in [0.5, 0.6) is 0 Å². The number of benzene rings is 1. The van der Waals surface area contributed by atoms with Crippen molar-refractivity contribution in [1.82, 2.24) is 0 Å². The van der Waals surface area contributed by atoms with Gasteiger partial charge in [0.2, 0.25) is 0 Å². The number of carbonyl (C=O) groups is 1. The lowest BCUT2D eigenvalue weighted by Gasteiger charge is -2.08. The van der Waals surface area contributed by atoms with Crippen LogP contribution in [-0.4, -0.2) is 12.1 Å². The van der Waals surface area contributed by atoms with E-state index in [9.17, 15) is 18.0 Å². The standard InChI is InChI=1S/C9H7BrF3NO/c1-5-4-6(2-3-7(5)10)14-8(15)9(11,12)13/h2-4H,1H3,(H,14,15). The lowest BCUT2D eigenvalue weighted by Crippen LogP contribution is -2.29. The molecule has 0 aliphatic heterocycles. The Morgan fingerprint density at radius 2 is 2.00 bits per heavy atom. The van der Waals surface area contributed by atoms with Crippen LogP contribution in [0.3, 0.4) is 0 Å². The summed E-state index contributed by atoms with van der Waals surface area (Å²) in [6.45, 7) is 1.72. The molecular formula is C9H7BrF3NO. The van der Waals surface area contributed by atoms with Crippen molar-refractivity contribution in [2.75, 3.05) is 5.32 Å². The molecule has 0 aromatic heterocycles. The summed E-state index contributed by atoms with van der Waals surface area (Å²) in [5, 5.41) is 1.77. The molecular weight excluding hydrogens is 275 g/mol. The van der Waals surface area contributed by atoms with Gasteiger partial charge in [-0.1, -0.05) is 15.9 Å². The van der Waals surface area contributed by atoms with Crippen molar-refractivity contribution < 1.29 is 18.0 Å². The third-order valence-corrected chi connectivity index (χ3v) is 2.56. The highest BCUT2D eigenvalue weighted by atomic mass is 79.9. The minimum absolute atomic E-state index is 0.123. The topological polar surface area (TPSA) is 29.1 Å². The number of alkyl halides is 3. The molecule has 2 nitrogen and oxygen atoms in total. The zero-order chi connectivity index (χ0) is 11.6. The SMILES string of the molecule is Cc1cc(NC(=O)C(F)(F)F)ccc1Br. The number of nitrogens with one attached hydrogen (secondary N) is 1. The summed E-state index contributed by atoms with van der Waals surface area (Å²) in [5.74, 6) is -1.97. The van der Waals surface area contributed by atoms with Crippen molar-refractivity contribution in [3.05, 3.63) is 28.2 Å². The Morgan fingerprint density at radius 1 is 1.40 bits per heavy atom. The zero-order valence-electron chi connectivity index (χ0n) is 7.65. The molecule has 0 spiro atoms. The van der Waals surface area contributed by atoms with E-state index in [-0.39, 0.29) is 5.69 Å². The summed E-state index contributed by atoms with van der Waals surface area (Å²) in [5.41, 5.74) is 0.869. The Kier molecular flexibility index (Phi) is 3.38. The Labute approximate surface area is 92.6 Å². The molecule has 1 aromatic carbocycles. The molecule has 0 saturated heterocycles. The molecule has 15 heavy (non-hydrogen) atoms. The number of hydrogen-bond acceptors (Lipinski definition) is 1. The van der Waals surface area contributed by atoms with E-state index in [4.69, 9.17) is 0 Å². The Morgan fingerprint density at radius 3 is 2.47 bits per heavy atom. The van der Waals surface area contributed by atoms with Crippen molar-refractivity contribution in [2.24, 2.45) is 0 Å². The predicted molar refractivity (Wildman–Crippen MR) is 53.6 cm³/mol. The maximum Gasteiger partial charge on any atom is 0.471 e. The van der Waals surface area contributed by atoms with E-state index >= 15 is 0 Å². The molecule has 0 radical (unpaired) electrons. The van der Waals surface area contributed by atoms with E-state index in [0.717, 1.165) is 10.0 Å². The van der Waals surface area contributed by atoms with Crippen LogP contribution in [0.15, 0.2) is 22.7 Å². The van der Waals surface area contributed by atoms with Crippen LogP contribution < -0.4 is 5.32 Å². The highest BCUT2D eigenvalue weighted by molar-refractivity contribution is 9.10. The maximum absolute atomic E-state index is 11.9. The van der Waals surface area contributed by atoms with Gasteiger partial charge in [0.15, 0.2) is 0 Å². The fourth-order valence-electron chi connectivity index (χ4n) is 0.924. The lowest BCUT2D eigenvalue weighted by atomic mass is 10.2. The molecule has 0 aliphatic carbocycles. The van der Waals surface area contributed by atoms with E-state index in [1.165, 1.54) is 12.1 Å². The van der Waals surface area contributed by atoms with Gasteiger partial charge in [-0.2, -0.15) is 13.2 Å². The second-order valence-corrected chi connectivity index (χ2v) is 3.77. The molecule has 0 unspecified atom stereocenters. The van der Waals surface area contributed by atoms with Gasteiger partial charge < -0.3 is 5.32 Å². The Bertz CT molecular complexity index is 389. The van der Waals surface area contributed by atoms with E-state index < -0.39 is 12.1 Å². The Balaban J connectivity index is 2.83. The molecule has 1 rings (SSSR count). The number of carbonyl (C=O) groups excluding carboxylic acids is 1. The lowest BCUT2D eigenvalue weighted by molar-refractivity contribution is -0.167. The highest BCUT2D eigenvalue weighted by Gasteiger charge is 2.38. The van der Waals surface area contributed by atoms with Gasteiger partial charge >= 0.3 is 12.1 Å². The summed E-state index contributed by atoms with van der Waals surface area (Å²) in [4.78, 5) is 10.6. The maximum atomic E-state index is 11.9. The van der Waals surface area contributed by atoms with E-state index in [0.29, 0.717) is 0 Å². The number of amides is 1. The number of rotatable bonds is 1. The van der Waals surface area contributed by atoms with Crippen LogP contribution in [0.1, 0.15) is 5.56 Å². The first-order valence-electron chi connectivity index (χ1n) is 3.95. The van der Waals surface area contributed by atoms with Gasteiger partial charge in [-0.3, -0.25) is 4.79 Å². The first kappa shape index (κ1) is 12.0. The van der Waals surface area contributed by atoms with Gasteiger partial charge in [-0.25, -0.2) is 0 Å². The third kappa shape index (κ3) is 3.23. The Hall–Kier alpha value is -1.04. The average Bonchev–Trinajstić information content (AvgIpc) is 2.10. The molecule has 1 aromatic rings. The fourth-order valence-corrected chi connectivity index (χ4v) is 1.17. The quantitative estimate of drug-likeness (QED) is 0.841. The second-order valence-electron chi connectivity index (χ2n) is 2.92. The minimum atomic E-state index is -4.86. The van der Waals surface area contributed by atoms with Gasteiger partial charge in [0.05, 0.1) is 0 Å². The van der Waals surface area contributed by atoms with E-state index in [1.54, 1.807) is 18.3 Å². The van der Waals surface area contributed by atoms with Crippen molar-refractivity contribution in [2.45, 2.75) is 13.1 Å². The van der Waals surface area contributed by atoms with Crippen molar-refractivity contribution in [3.63, 3.8) is 0 Å². The summed E-state index contributed by atoms with van der Waals surface area (Å²) in [6, 6.07) is 4.41. The van der Waals surface area contributed by atoms with Gasteiger partial charge in [-0.05, 0) is 30.7 Å². The molecule has 0 saturated carbocycles. The smallest absolute Gasteiger partial charge is 0.318 e. The molecule has 0 fully saturated rings. The molecule has 6 heteroatoms. The molecule has 82 valence electrons. The predicted octanol–water partition coefficient (Wildman–Crippen LogP) is 3.26. The first-order chi connectivity index (χ1) is 6.80. The van der Waals surface area contributed by atoms with Crippen molar-refractivity contribution in [3.8, 4) is 0 Å². The molecule has 1 N–H and O–H groups in total. The molecule has 0 atom stereocenters. The minimum Gasteiger partial charge on any atom is -0.318 e. The number of aryl methyl sites for hydroxylation is 1. The molecule has 0 bridgehead atoms. The van der Waals surface area contributed by atoms with Crippen LogP contribution in [0.25, 0.3) is 0 Å². The van der Waals surface area contributed by atoms with Gasteiger partial charge in [0.25, 0.3) is 0 Å². The first-order valence-corrected chi connectivity index (χ1v) is 4.74. The summed E-state index contributed by atoms with van der Waals surface area (Å²) in [6.07, 6.45) is -4.86. The number of hydrogen-bond donors (Lipinski definition) is 1. The fraction of sp³-hybridized carbons (Fsp3) is 0.222. The summed E-state index contributed by atoms with van der Waals surface area (Å²) < 4.78 is 36.5. The molecule has 1 amide bonds. The van der Waals surface area contributed by atoms with Crippen LogP contribution >= 0.6 is 15.9 Å². The van der Waals surface area contributed by atoms with Crippen LogP contribution in [0, 0.1) is 6.92 Å². The normalized spacial score (nSPS) is 11.3. The number of halogens is 4. The molecule has 0 heterocycles. The van der Waals surface area contributed by atoms with Crippen molar-refractivity contribution >= 4 is 27.5 Å². The van der Waals surface area contributed by atoms with E-state index in [1.807, 2.05) is 0 Å². The summed E-state index contributed by atoms with van der Waals surface area (Å²) >= 11 is 3.20. The zero-order valence-corrected chi connectivity index (χ0v) is 9.24. The monoisotopic (exact) mass is 281 g/mol. The summed E-state index contributed by atoms with van der Waals surface area (Å²) in [7, 11) is 0. The van der Waals surface area contributed by atoms with Crippen LogP contribution in [-0.2, 0) is 4.79 Å². The van der Waals surface area contributed by atoms with E-state index in [2.05, 4.69) is 15.9 Å². The number of anilines is 1. The highest BCUT2D eigenvalue weighted by Crippen LogP contribution is 2.22. The van der Waals surface area contributed by atoms with Crippen LogP contribution in [0.4, 0.5) is 18.9 Å².